The average molecular weight is 359 g/mol. The maximum Gasteiger partial charge on any atom is 0.431 e. The molecule has 1 amide bonds. The predicted molar refractivity (Wildman–Crippen MR) is 74.8 cm³/mol. The quantitative estimate of drug-likeness (QED) is 0.742. The van der Waals surface area contributed by atoms with E-state index in [0.29, 0.717) is 0 Å². The molecule has 0 saturated heterocycles. The molecule has 1 aliphatic heterocycles. The number of carbonyl (C=O) groups is 1. The van der Waals surface area contributed by atoms with Crippen molar-refractivity contribution in [1.29, 1.82) is 0 Å². The Morgan fingerprint density at radius 2 is 1.88 bits per heavy atom. The zero-order chi connectivity index (χ0) is 18.5. The minimum absolute atomic E-state index is 0.0334. The van der Waals surface area contributed by atoms with E-state index in [4.69, 9.17) is 4.84 Å². The molecule has 2 aromatic rings. The van der Waals surface area contributed by atoms with Crippen LogP contribution in [-0.4, -0.2) is 15.5 Å². The SMILES string of the molecule is Cc1c(C(F)(F)F)[nH]c(=O)n(-c2cc3c(cc2F)ONC(=O)C3)c1=O. The summed E-state index contributed by atoms with van der Waals surface area (Å²) in [6.45, 7) is 0.866. The van der Waals surface area contributed by atoms with Crippen molar-refractivity contribution in [1.82, 2.24) is 15.0 Å². The van der Waals surface area contributed by atoms with Crippen LogP contribution in [0.2, 0.25) is 0 Å². The van der Waals surface area contributed by atoms with E-state index >= 15 is 0 Å². The lowest BCUT2D eigenvalue weighted by Crippen LogP contribution is -2.39. The van der Waals surface area contributed by atoms with E-state index in [0.717, 1.165) is 19.1 Å². The normalized spacial score (nSPS) is 13.9. The Hall–Kier alpha value is -3.11. The minimum atomic E-state index is -4.94. The Labute approximate surface area is 135 Å². The van der Waals surface area contributed by atoms with Crippen LogP contribution < -0.4 is 21.6 Å². The zero-order valence-electron chi connectivity index (χ0n) is 12.5. The molecule has 7 nitrogen and oxygen atoms in total. The molecule has 2 heterocycles. The fraction of sp³-hybridized carbons (Fsp3) is 0.214. The number of aromatic nitrogens is 2. The number of hydroxylamine groups is 1. The Morgan fingerprint density at radius 1 is 1.20 bits per heavy atom. The van der Waals surface area contributed by atoms with Crippen molar-refractivity contribution in [2.75, 3.05) is 0 Å². The van der Waals surface area contributed by atoms with Gasteiger partial charge in [-0.3, -0.25) is 9.59 Å². The van der Waals surface area contributed by atoms with Gasteiger partial charge in [0.15, 0.2) is 11.6 Å². The molecule has 0 radical (unpaired) electrons. The standard InChI is InChI=1S/C14H9F4N3O4/c1-5-11(14(16,17)18)19-13(24)21(12(5)23)8-2-6-3-10(22)20-25-9(6)4-7(8)15/h2,4H,3H2,1H3,(H,19,24)(H,20,22). The highest BCUT2D eigenvalue weighted by Crippen LogP contribution is 2.29. The number of hydrogen-bond acceptors (Lipinski definition) is 4. The van der Waals surface area contributed by atoms with Crippen molar-refractivity contribution >= 4 is 5.91 Å². The molecule has 0 atom stereocenters. The summed E-state index contributed by atoms with van der Waals surface area (Å²) in [5.41, 5.74) is -3.47. The lowest BCUT2D eigenvalue weighted by Gasteiger charge is -2.19. The molecular weight excluding hydrogens is 350 g/mol. The highest BCUT2D eigenvalue weighted by molar-refractivity contribution is 5.80. The molecule has 0 spiro atoms. The first-order chi connectivity index (χ1) is 11.6. The molecule has 1 aromatic carbocycles. The van der Waals surface area contributed by atoms with Gasteiger partial charge in [-0.25, -0.2) is 13.8 Å². The summed E-state index contributed by atoms with van der Waals surface area (Å²) in [6.07, 6.45) is -5.16. The molecule has 132 valence electrons. The maximum absolute atomic E-state index is 14.3. The number of halogens is 4. The average Bonchev–Trinajstić information content (AvgIpc) is 2.50. The molecule has 3 rings (SSSR count). The summed E-state index contributed by atoms with van der Waals surface area (Å²) in [7, 11) is 0. The van der Waals surface area contributed by atoms with Gasteiger partial charge in [0, 0.05) is 17.2 Å². The topological polar surface area (TPSA) is 93.2 Å². The van der Waals surface area contributed by atoms with Crippen LogP contribution in [0.15, 0.2) is 21.7 Å². The van der Waals surface area contributed by atoms with E-state index in [2.05, 4.69) is 0 Å². The van der Waals surface area contributed by atoms with E-state index in [1.54, 1.807) is 4.98 Å². The van der Waals surface area contributed by atoms with Gasteiger partial charge in [0.1, 0.15) is 5.69 Å². The second kappa shape index (κ2) is 5.46. The number of aromatic amines is 1. The van der Waals surface area contributed by atoms with Gasteiger partial charge in [-0.2, -0.15) is 18.7 Å². The molecular formula is C14H9F4N3O4. The largest absolute Gasteiger partial charge is 0.431 e. The highest BCUT2D eigenvalue weighted by atomic mass is 19.4. The maximum atomic E-state index is 14.3. The summed E-state index contributed by atoms with van der Waals surface area (Å²) in [4.78, 5) is 41.8. The Morgan fingerprint density at radius 3 is 2.52 bits per heavy atom. The van der Waals surface area contributed by atoms with E-state index in [-0.39, 0.29) is 22.3 Å². The second-order valence-electron chi connectivity index (χ2n) is 5.28. The lowest BCUT2D eigenvalue weighted by molar-refractivity contribution is -0.142. The van der Waals surface area contributed by atoms with Crippen molar-refractivity contribution in [2.45, 2.75) is 19.5 Å². The molecule has 0 saturated carbocycles. The first kappa shape index (κ1) is 16.7. The Bertz CT molecular complexity index is 1010. The third kappa shape index (κ3) is 2.77. The summed E-state index contributed by atoms with van der Waals surface area (Å²) < 4.78 is 53.0. The molecule has 0 fully saturated rings. The molecule has 1 aliphatic rings. The number of amides is 1. The molecule has 0 bridgehead atoms. The third-order valence-electron chi connectivity index (χ3n) is 3.61. The number of rotatable bonds is 1. The van der Waals surface area contributed by atoms with Crippen molar-refractivity contribution in [2.24, 2.45) is 0 Å². The van der Waals surface area contributed by atoms with Crippen LogP contribution in [0, 0.1) is 12.7 Å². The monoisotopic (exact) mass is 359 g/mol. The van der Waals surface area contributed by atoms with Crippen LogP contribution in [0.4, 0.5) is 17.6 Å². The minimum Gasteiger partial charge on any atom is -0.379 e. The first-order valence-corrected chi connectivity index (χ1v) is 6.81. The van der Waals surface area contributed by atoms with Gasteiger partial charge in [0.2, 0.25) is 0 Å². The summed E-state index contributed by atoms with van der Waals surface area (Å²) in [5.74, 6) is -1.66. The second-order valence-corrected chi connectivity index (χ2v) is 5.28. The van der Waals surface area contributed by atoms with Crippen molar-refractivity contribution in [3.63, 3.8) is 0 Å². The zero-order valence-corrected chi connectivity index (χ0v) is 12.5. The van der Waals surface area contributed by atoms with Crippen molar-refractivity contribution in [3.8, 4) is 11.4 Å². The van der Waals surface area contributed by atoms with E-state index in [1.165, 1.54) is 0 Å². The van der Waals surface area contributed by atoms with Crippen molar-refractivity contribution in [3.05, 3.63) is 55.6 Å². The summed E-state index contributed by atoms with van der Waals surface area (Å²) in [6, 6.07) is 1.83. The molecule has 0 unspecified atom stereocenters. The van der Waals surface area contributed by atoms with E-state index < -0.39 is 46.1 Å². The van der Waals surface area contributed by atoms with Gasteiger partial charge >= 0.3 is 11.9 Å². The fourth-order valence-electron chi connectivity index (χ4n) is 2.44. The lowest BCUT2D eigenvalue weighted by atomic mass is 10.1. The Balaban J connectivity index is 2.26. The van der Waals surface area contributed by atoms with Gasteiger partial charge < -0.3 is 9.82 Å². The number of hydrogen-bond donors (Lipinski definition) is 2. The smallest absolute Gasteiger partial charge is 0.379 e. The van der Waals surface area contributed by atoms with Gasteiger partial charge in [-0.15, -0.1) is 0 Å². The van der Waals surface area contributed by atoms with Gasteiger partial charge in [-0.1, -0.05) is 0 Å². The number of nitrogens with zero attached hydrogens (tertiary/aromatic N) is 1. The molecule has 0 aliphatic carbocycles. The Kier molecular flexibility index (Phi) is 3.66. The van der Waals surface area contributed by atoms with Crippen LogP contribution in [0.25, 0.3) is 5.69 Å². The van der Waals surface area contributed by atoms with Crippen LogP contribution in [0.1, 0.15) is 16.8 Å². The molecule has 11 heteroatoms. The van der Waals surface area contributed by atoms with E-state index in [9.17, 15) is 31.9 Å². The number of H-pyrrole nitrogens is 1. The summed E-state index contributed by atoms with van der Waals surface area (Å²) in [5, 5.41) is 0. The van der Waals surface area contributed by atoms with Crippen LogP contribution >= 0.6 is 0 Å². The van der Waals surface area contributed by atoms with Crippen LogP contribution in [-0.2, 0) is 17.4 Å². The first-order valence-electron chi connectivity index (χ1n) is 6.81. The molecule has 1 aromatic heterocycles. The summed E-state index contributed by atoms with van der Waals surface area (Å²) >= 11 is 0. The predicted octanol–water partition coefficient (Wildman–Crippen LogP) is 0.958. The van der Waals surface area contributed by atoms with Gasteiger partial charge in [-0.05, 0) is 13.0 Å². The number of carbonyl (C=O) groups excluding carboxylic acids is 1. The van der Waals surface area contributed by atoms with Gasteiger partial charge in [0.05, 0.1) is 12.1 Å². The van der Waals surface area contributed by atoms with Crippen molar-refractivity contribution < 1.29 is 27.2 Å². The van der Waals surface area contributed by atoms with Crippen LogP contribution in [0.5, 0.6) is 5.75 Å². The number of fused-ring (bicyclic) bond motifs is 1. The highest BCUT2D eigenvalue weighted by Gasteiger charge is 2.36. The van der Waals surface area contributed by atoms with E-state index in [1.807, 2.05) is 5.48 Å². The van der Waals surface area contributed by atoms with Crippen LogP contribution in [0.3, 0.4) is 0 Å². The number of alkyl halides is 3. The molecule has 25 heavy (non-hydrogen) atoms. The van der Waals surface area contributed by atoms with Gasteiger partial charge in [0.25, 0.3) is 11.5 Å². The number of nitrogens with one attached hydrogen (secondary N) is 2. The molecule has 2 N–H and O–H groups in total. The third-order valence-corrected chi connectivity index (χ3v) is 3.61. The number of benzene rings is 1. The fourth-order valence-corrected chi connectivity index (χ4v) is 2.44.